The molecule has 0 amide bonds. The van der Waals surface area contributed by atoms with Gasteiger partial charge >= 0.3 is 5.97 Å². The van der Waals surface area contributed by atoms with Crippen LogP contribution in [0.2, 0.25) is 0 Å². The molecular formula is C15H18N2O2. The Morgan fingerprint density at radius 2 is 2.05 bits per heavy atom. The monoisotopic (exact) mass is 258 g/mol. The Balaban J connectivity index is 2.21. The van der Waals surface area contributed by atoms with Crippen molar-refractivity contribution in [3.63, 3.8) is 0 Å². The van der Waals surface area contributed by atoms with Gasteiger partial charge in [-0.1, -0.05) is 6.07 Å². The molecule has 0 aliphatic carbocycles. The Morgan fingerprint density at radius 3 is 2.58 bits per heavy atom. The lowest BCUT2D eigenvalue weighted by atomic mass is 9.80. The summed E-state index contributed by atoms with van der Waals surface area (Å²) in [5, 5.41) is 18.4. The van der Waals surface area contributed by atoms with Gasteiger partial charge in [-0.25, -0.2) is 0 Å². The summed E-state index contributed by atoms with van der Waals surface area (Å²) in [4.78, 5) is 13.3. The zero-order valence-corrected chi connectivity index (χ0v) is 11.3. The summed E-state index contributed by atoms with van der Waals surface area (Å²) in [5.41, 5.74) is 2.06. The number of carboxylic acids is 1. The number of aliphatic carboxylic acids is 1. The number of rotatable bonds is 2. The van der Waals surface area contributed by atoms with Gasteiger partial charge < -0.3 is 10.0 Å². The third-order valence-electron chi connectivity index (χ3n) is 4.00. The van der Waals surface area contributed by atoms with E-state index in [0.29, 0.717) is 31.5 Å². The Labute approximate surface area is 113 Å². The zero-order chi connectivity index (χ0) is 14.0. The number of nitriles is 1. The van der Waals surface area contributed by atoms with Gasteiger partial charge in [0.2, 0.25) is 0 Å². The Hall–Kier alpha value is -2.02. The van der Waals surface area contributed by atoms with Crippen LogP contribution in [0.15, 0.2) is 18.2 Å². The van der Waals surface area contributed by atoms with E-state index in [1.807, 2.05) is 25.1 Å². The average molecular weight is 258 g/mol. The summed E-state index contributed by atoms with van der Waals surface area (Å²) in [6, 6.07) is 7.96. The first kappa shape index (κ1) is 13.4. The van der Waals surface area contributed by atoms with E-state index in [4.69, 9.17) is 5.26 Å². The van der Waals surface area contributed by atoms with Gasteiger partial charge in [0, 0.05) is 13.1 Å². The molecule has 1 aliphatic heterocycles. The fraction of sp³-hybridized carbons (Fsp3) is 0.467. The van der Waals surface area contributed by atoms with Gasteiger partial charge in [-0.3, -0.25) is 4.79 Å². The first-order valence-corrected chi connectivity index (χ1v) is 6.45. The number of benzene rings is 1. The van der Waals surface area contributed by atoms with Crippen LogP contribution in [-0.4, -0.2) is 24.2 Å². The Morgan fingerprint density at radius 1 is 1.42 bits per heavy atom. The molecule has 1 fully saturated rings. The highest BCUT2D eigenvalue weighted by Crippen LogP contribution is 2.34. The molecule has 19 heavy (non-hydrogen) atoms. The quantitative estimate of drug-likeness (QED) is 0.885. The number of carbonyl (C=O) groups is 1. The SMILES string of the molecule is Cc1ccc(C#N)c(N2CCC(C)(C(=O)O)CC2)c1. The largest absolute Gasteiger partial charge is 0.481 e. The van der Waals surface area contributed by atoms with Crippen molar-refractivity contribution >= 4 is 11.7 Å². The fourth-order valence-electron chi connectivity index (χ4n) is 2.45. The molecule has 100 valence electrons. The van der Waals surface area contributed by atoms with Crippen LogP contribution in [0.4, 0.5) is 5.69 Å². The summed E-state index contributed by atoms with van der Waals surface area (Å²) < 4.78 is 0. The van der Waals surface area contributed by atoms with Crippen molar-refractivity contribution in [3.8, 4) is 6.07 Å². The van der Waals surface area contributed by atoms with Crippen LogP contribution in [0.5, 0.6) is 0 Å². The first-order chi connectivity index (χ1) is 8.96. The third kappa shape index (κ3) is 2.55. The molecule has 0 atom stereocenters. The molecule has 4 nitrogen and oxygen atoms in total. The molecule has 4 heteroatoms. The van der Waals surface area contributed by atoms with E-state index in [2.05, 4.69) is 11.0 Å². The Bertz CT molecular complexity index is 538. The van der Waals surface area contributed by atoms with Gasteiger partial charge in [-0.15, -0.1) is 0 Å². The average Bonchev–Trinajstić information content (AvgIpc) is 2.39. The van der Waals surface area contributed by atoms with Crippen LogP contribution in [0.3, 0.4) is 0 Å². The van der Waals surface area contributed by atoms with Crippen molar-refractivity contribution in [2.75, 3.05) is 18.0 Å². The highest BCUT2D eigenvalue weighted by molar-refractivity contribution is 5.75. The van der Waals surface area contributed by atoms with Gasteiger partial charge in [0.05, 0.1) is 16.7 Å². The topological polar surface area (TPSA) is 64.3 Å². The molecule has 1 aromatic rings. The summed E-state index contributed by atoms with van der Waals surface area (Å²) in [6.07, 6.45) is 1.22. The summed E-state index contributed by atoms with van der Waals surface area (Å²) >= 11 is 0. The molecule has 0 saturated carbocycles. The molecular weight excluding hydrogens is 240 g/mol. The number of hydrogen-bond acceptors (Lipinski definition) is 3. The van der Waals surface area contributed by atoms with Crippen LogP contribution in [-0.2, 0) is 4.79 Å². The molecule has 0 unspecified atom stereocenters. The molecule has 1 saturated heterocycles. The Kier molecular flexibility index (Phi) is 3.48. The lowest BCUT2D eigenvalue weighted by Crippen LogP contribution is -2.43. The van der Waals surface area contributed by atoms with E-state index in [1.54, 1.807) is 6.92 Å². The zero-order valence-electron chi connectivity index (χ0n) is 11.3. The number of nitrogens with zero attached hydrogens (tertiary/aromatic N) is 2. The predicted octanol–water partition coefficient (Wildman–Crippen LogP) is 2.56. The second-order valence-corrected chi connectivity index (χ2v) is 5.49. The van der Waals surface area contributed by atoms with Gasteiger partial charge in [0.1, 0.15) is 6.07 Å². The minimum absolute atomic E-state index is 0.612. The van der Waals surface area contributed by atoms with Crippen LogP contribution in [0.25, 0.3) is 0 Å². The fourth-order valence-corrected chi connectivity index (χ4v) is 2.45. The maximum absolute atomic E-state index is 11.2. The molecule has 0 bridgehead atoms. The number of anilines is 1. The molecule has 2 rings (SSSR count). The van der Waals surface area contributed by atoms with Crippen LogP contribution in [0.1, 0.15) is 30.9 Å². The van der Waals surface area contributed by atoms with E-state index >= 15 is 0 Å². The van der Waals surface area contributed by atoms with Crippen molar-refractivity contribution in [3.05, 3.63) is 29.3 Å². The van der Waals surface area contributed by atoms with Crippen LogP contribution >= 0.6 is 0 Å². The van der Waals surface area contributed by atoms with Gasteiger partial charge in [-0.2, -0.15) is 5.26 Å². The molecule has 1 aromatic carbocycles. The number of piperidine rings is 1. The smallest absolute Gasteiger partial charge is 0.309 e. The maximum atomic E-state index is 11.2. The number of hydrogen-bond donors (Lipinski definition) is 1. The molecule has 1 N–H and O–H groups in total. The van der Waals surface area contributed by atoms with E-state index in [1.165, 1.54) is 0 Å². The molecule has 0 spiro atoms. The first-order valence-electron chi connectivity index (χ1n) is 6.45. The molecule has 0 radical (unpaired) electrons. The van der Waals surface area contributed by atoms with E-state index < -0.39 is 11.4 Å². The minimum Gasteiger partial charge on any atom is -0.481 e. The minimum atomic E-state index is -0.725. The van der Waals surface area contributed by atoms with Crippen molar-refractivity contribution in [1.82, 2.24) is 0 Å². The van der Waals surface area contributed by atoms with Gasteiger partial charge in [0.25, 0.3) is 0 Å². The number of aryl methyl sites for hydroxylation is 1. The summed E-state index contributed by atoms with van der Waals surface area (Å²) in [7, 11) is 0. The van der Waals surface area contributed by atoms with Crippen molar-refractivity contribution in [1.29, 1.82) is 5.26 Å². The lowest BCUT2D eigenvalue weighted by Gasteiger charge is -2.38. The van der Waals surface area contributed by atoms with Crippen LogP contribution in [0, 0.1) is 23.7 Å². The normalized spacial score (nSPS) is 17.8. The highest BCUT2D eigenvalue weighted by Gasteiger charge is 2.37. The molecule has 0 aromatic heterocycles. The highest BCUT2D eigenvalue weighted by atomic mass is 16.4. The van der Waals surface area contributed by atoms with Crippen LogP contribution < -0.4 is 4.90 Å². The van der Waals surface area contributed by atoms with Crippen molar-refractivity contribution in [2.45, 2.75) is 26.7 Å². The summed E-state index contributed by atoms with van der Waals surface area (Å²) in [6.45, 7) is 5.16. The number of carboxylic acid groups (broad SMARTS) is 1. The van der Waals surface area contributed by atoms with Crippen molar-refractivity contribution < 1.29 is 9.90 Å². The second-order valence-electron chi connectivity index (χ2n) is 5.49. The second kappa shape index (κ2) is 4.93. The predicted molar refractivity (Wildman–Crippen MR) is 73.1 cm³/mol. The van der Waals surface area contributed by atoms with Gasteiger partial charge in [0.15, 0.2) is 0 Å². The van der Waals surface area contributed by atoms with E-state index in [9.17, 15) is 9.90 Å². The van der Waals surface area contributed by atoms with Crippen molar-refractivity contribution in [2.24, 2.45) is 5.41 Å². The van der Waals surface area contributed by atoms with E-state index in [-0.39, 0.29) is 0 Å². The lowest BCUT2D eigenvalue weighted by molar-refractivity contribution is -0.149. The maximum Gasteiger partial charge on any atom is 0.309 e. The molecule has 1 aliphatic rings. The van der Waals surface area contributed by atoms with E-state index in [0.717, 1.165) is 11.3 Å². The van der Waals surface area contributed by atoms with Gasteiger partial charge in [-0.05, 0) is 44.4 Å². The third-order valence-corrected chi connectivity index (χ3v) is 4.00. The standard InChI is InChI=1S/C15H18N2O2/c1-11-3-4-12(10-16)13(9-11)17-7-5-15(2,6-8-17)14(18)19/h3-4,9H,5-8H2,1-2H3,(H,18,19). The molecule has 1 heterocycles. The summed E-state index contributed by atoms with van der Waals surface area (Å²) in [5.74, 6) is -0.725.